The molecule has 0 fully saturated rings. The van der Waals surface area contributed by atoms with Crippen LogP contribution >= 0.6 is 11.8 Å². The number of fused-ring (bicyclic) bond motifs is 1. The van der Waals surface area contributed by atoms with Crippen LogP contribution in [0.25, 0.3) is 5.65 Å². The largest absolute Gasteiger partial charge is 0.316 e. The minimum atomic E-state index is 0.906. The summed E-state index contributed by atoms with van der Waals surface area (Å²) < 4.78 is 2.02. The van der Waals surface area contributed by atoms with Crippen molar-refractivity contribution in [1.29, 1.82) is 0 Å². The molecule has 0 saturated heterocycles. The molecule has 0 spiro atoms. The van der Waals surface area contributed by atoms with E-state index in [0.717, 1.165) is 36.2 Å². The van der Waals surface area contributed by atoms with Gasteiger partial charge in [-0.1, -0.05) is 17.8 Å². The number of hydrogen-bond acceptors (Lipinski definition) is 5. The topological polar surface area (TPSA) is 45.5 Å². The van der Waals surface area contributed by atoms with E-state index in [-0.39, 0.29) is 0 Å². The molecule has 19 heavy (non-hydrogen) atoms. The molecule has 0 aromatic carbocycles. The van der Waals surface area contributed by atoms with Gasteiger partial charge < -0.3 is 10.2 Å². The van der Waals surface area contributed by atoms with Gasteiger partial charge in [-0.3, -0.25) is 4.40 Å². The molecular weight excluding hydrogens is 258 g/mol. The molecule has 2 heterocycles. The van der Waals surface area contributed by atoms with Crippen LogP contribution in [0.1, 0.15) is 6.42 Å². The summed E-state index contributed by atoms with van der Waals surface area (Å²) in [7, 11) is 4.21. The summed E-state index contributed by atoms with van der Waals surface area (Å²) in [5.41, 5.74) is 0.906. The van der Waals surface area contributed by atoms with E-state index in [4.69, 9.17) is 0 Å². The second-order valence-corrected chi connectivity index (χ2v) is 5.73. The molecule has 0 atom stereocenters. The molecular formula is C13H21N5S. The molecule has 0 unspecified atom stereocenters. The SMILES string of the molecule is CN(C)CCCNCCSc1nnc2ccccn12. The van der Waals surface area contributed by atoms with Gasteiger partial charge in [0, 0.05) is 18.5 Å². The number of nitrogens with zero attached hydrogens (tertiary/aromatic N) is 4. The zero-order chi connectivity index (χ0) is 13.5. The van der Waals surface area contributed by atoms with Crippen LogP contribution in [0.4, 0.5) is 0 Å². The minimum absolute atomic E-state index is 0.906. The van der Waals surface area contributed by atoms with E-state index in [1.807, 2.05) is 28.8 Å². The van der Waals surface area contributed by atoms with Gasteiger partial charge in [-0.2, -0.15) is 0 Å². The van der Waals surface area contributed by atoms with Crippen molar-refractivity contribution < 1.29 is 0 Å². The van der Waals surface area contributed by atoms with Crippen LogP contribution in [-0.4, -0.2) is 59.0 Å². The van der Waals surface area contributed by atoms with Crippen molar-refractivity contribution in [1.82, 2.24) is 24.8 Å². The lowest BCUT2D eigenvalue weighted by molar-refractivity contribution is 0.396. The Hall–Kier alpha value is -1.11. The van der Waals surface area contributed by atoms with Crippen LogP contribution in [0.2, 0.25) is 0 Å². The molecule has 1 N–H and O–H groups in total. The smallest absolute Gasteiger partial charge is 0.195 e. The van der Waals surface area contributed by atoms with Crippen molar-refractivity contribution in [2.24, 2.45) is 0 Å². The lowest BCUT2D eigenvalue weighted by Gasteiger charge is -2.09. The van der Waals surface area contributed by atoms with E-state index >= 15 is 0 Å². The molecule has 0 radical (unpaired) electrons. The van der Waals surface area contributed by atoms with Gasteiger partial charge >= 0.3 is 0 Å². The van der Waals surface area contributed by atoms with Gasteiger partial charge in [0.15, 0.2) is 10.8 Å². The van der Waals surface area contributed by atoms with E-state index in [0.29, 0.717) is 0 Å². The highest BCUT2D eigenvalue weighted by molar-refractivity contribution is 7.99. The first-order valence-corrected chi connectivity index (χ1v) is 7.54. The Morgan fingerprint density at radius 1 is 1.26 bits per heavy atom. The summed E-state index contributed by atoms with van der Waals surface area (Å²) in [6.45, 7) is 3.20. The van der Waals surface area contributed by atoms with Gasteiger partial charge in [-0.25, -0.2) is 0 Å². The number of thioether (sulfide) groups is 1. The summed E-state index contributed by atoms with van der Waals surface area (Å²) in [6.07, 6.45) is 3.19. The predicted octanol–water partition coefficient (Wildman–Crippen LogP) is 1.36. The molecule has 2 rings (SSSR count). The predicted molar refractivity (Wildman–Crippen MR) is 79.8 cm³/mol. The standard InChI is InChI=1S/C13H21N5S/c1-17(2)9-5-7-14-8-11-19-13-16-15-12-6-3-4-10-18(12)13/h3-4,6,10,14H,5,7-9,11H2,1-2H3. The number of hydrogen-bond donors (Lipinski definition) is 1. The quantitative estimate of drug-likeness (QED) is 0.584. The Balaban J connectivity index is 1.66. The van der Waals surface area contributed by atoms with Crippen LogP contribution in [0.5, 0.6) is 0 Å². The highest BCUT2D eigenvalue weighted by atomic mass is 32.2. The normalized spacial score (nSPS) is 11.5. The fourth-order valence-corrected chi connectivity index (χ4v) is 2.60. The molecule has 0 saturated carbocycles. The van der Waals surface area contributed by atoms with Crippen molar-refractivity contribution in [3.8, 4) is 0 Å². The molecule has 2 aromatic heterocycles. The fourth-order valence-electron chi connectivity index (χ4n) is 1.78. The van der Waals surface area contributed by atoms with Crippen LogP contribution in [0.3, 0.4) is 0 Å². The number of rotatable bonds is 8. The number of nitrogens with one attached hydrogen (secondary N) is 1. The fraction of sp³-hybridized carbons (Fsp3) is 0.538. The van der Waals surface area contributed by atoms with Crippen LogP contribution in [-0.2, 0) is 0 Å². The van der Waals surface area contributed by atoms with Crippen molar-refractivity contribution in [3.05, 3.63) is 24.4 Å². The first-order chi connectivity index (χ1) is 9.27. The lowest BCUT2D eigenvalue weighted by atomic mass is 10.4. The molecule has 0 aliphatic heterocycles. The molecule has 104 valence electrons. The van der Waals surface area contributed by atoms with Crippen LogP contribution in [0.15, 0.2) is 29.6 Å². The van der Waals surface area contributed by atoms with E-state index < -0.39 is 0 Å². The third-order valence-electron chi connectivity index (χ3n) is 2.75. The van der Waals surface area contributed by atoms with Crippen molar-refractivity contribution >= 4 is 17.4 Å². The first kappa shape index (κ1) is 14.3. The summed E-state index contributed by atoms with van der Waals surface area (Å²) in [5, 5.41) is 12.7. The highest BCUT2D eigenvalue weighted by Crippen LogP contribution is 2.15. The van der Waals surface area contributed by atoms with Gasteiger partial charge in [0.05, 0.1) is 0 Å². The molecule has 2 aromatic rings. The lowest BCUT2D eigenvalue weighted by Crippen LogP contribution is -2.23. The first-order valence-electron chi connectivity index (χ1n) is 6.55. The zero-order valence-electron chi connectivity index (χ0n) is 11.5. The maximum atomic E-state index is 4.19. The molecule has 5 nitrogen and oxygen atoms in total. The average Bonchev–Trinajstić information content (AvgIpc) is 2.81. The van der Waals surface area contributed by atoms with E-state index in [9.17, 15) is 0 Å². The van der Waals surface area contributed by atoms with Gasteiger partial charge in [-0.05, 0) is 45.7 Å². The highest BCUT2D eigenvalue weighted by Gasteiger charge is 2.03. The summed E-state index contributed by atoms with van der Waals surface area (Å²) in [6, 6.07) is 5.95. The maximum absolute atomic E-state index is 4.19. The summed E-state index contributed by atoms with van der Waals surface area (Å²) in [4.78, 5) is 2.21. The Morgan fingerprint density at radius 2 is 2.16 bits per heavy atom. The van der Waals surface area contributed by atoms with Crippen LogP contribution in [0, 0.1) is 0 Å². The van der Waals surface area contributed by atoms with Crippen molar-refractivity contribution in [2.75, 3.05) is 39.5 Å². The Labute approximate surface area is 118 Å². The Kier molecular flexibility index (Phi) is 5.62. The Bertz CT molecular complexity index is 496. The molecule has 6 heteroatoms. The number of aromatic nitrogens is 3. The third-order valence-corrected chi connectivity index (χ3v) is 3.70. The average molecular weight is 279 g/mol. The minimum Gasteiger partial charge on any atom is -0.316 e. The molecule has 0 aliphatic rings. The van der Waals surface area contributed by atoms with Crippen molar-refractivity contribution in [2.45, 2.75) is 11.6 Å². The monoisotopic (exact) mass is 279 g/mol. The van der Waals surface area contributed by atoms with Gasteiger partial charge in [0.1, 0.15) is 0 Å². The molecule has 0 amide bonds. The third kappa shape index (κ3) is 4.49. The second-order valence-electron chi connectivity index (χ2n) is 4.67. The Morgan fingerprint density at radius 3 is 3.00 bits per heavy atom. The van der Waals surface area contributed by atoms with E-state index in [1.54, 1.807) is 11.8 Å². The van der Waals surface area contributed by atoms with Gasteiger partial charge in [0.2, 0.25) is 0 Å². The second kappa shape index (κ2) is 7.47. The van der Waals surface area contributed by atoms with Gasteiger partial charge in [-0.15, -0.1) is 10.2 Å². The zero-order valence-corrected chi connectivity index (χ0v) is 12.4. The molecule has 0 aliphatic carbocycles. The summed E-state index contributed by atoms with van der Waals surface area (Å²) >= 11 is 1.74. The maximum Gasteiger partial charge on any atom is 0.195 e. The van der Waals surface area contributed by atoms with E-state index in [1.165, 1.54) is 6.42 Å². The summed E-state index contributed by atoms with van der Waals surface area (Å²) in [5.74, 6) is 1.01. The van der Waals surface area contributed by atoms with E-state index in [2.05, 4.69) is 34.5 Å². The van der Waals surface area contributed by atoms with Crippen LogP contribution < -0.4 is 5.32 Å². The van der Waals surface area contributed by atoms with Crippen molar-refractivity contribution in [3.63, 3.8) is 0 Å². The number of pyridine rings is 1. The van der Waals surface area contributed by atoms with Gasteiger partial charge in [0.25, 0.3) is 0 Å². The molecule has 0 bridgehead atoms.